The van der Waals surface area contributed by atoms with Gasteiger partial charge in [-0.1, -0.05) is 34.6 Å². The summed E-state index contributed by atoms with van der Waals surface area (Å²) >= 11 is 0. The maximum Gasteiger partial charge on any atom is 0.330 e. The molecule has 37 heavy (non-hydrogen) atoms. The average molecular weight is 513 g/mol. The largest absolute Gasteiger partial charge is 0.352 e. The molecule has 1 amide bonds. The maximum atomic E-state index is 13.1. The van der Waals surface area contributed by atoms with Gasteiger partial charge in [-0.2, -0.15) is 0 Å². The van der Waals surface area contributed by atoms with Gasteiger partial charge in [-0.15, -0.1) is 0 Å². The molecule has 0 spiro atoms. The predicted octanol–water partition coefficient (Wildman–Crippen LogP) is 3.59. The van der Waals surface area contributed by atoms with Crippen LogP contribution < -0.4 is 11.0 Å². The van der Waals surface area contributed by atoms with Crippen molar-refractivity contribution in [2.45, 2.75) is 92.3 Å². The second-order valence-electron chi connectivity index (χ2n) is 13.6. The first-order chi connectivity index (χ1) is 17.2. The average Bonchev–Trinajstić information content (AvgIpc) is 3.04. The number of amides is 1. The Morgan fingerprint density at radius 1 is 1.16 bits per heavy atom. The molecular formula is C29H48N6O2. The van der Waals surface area contributed by atoms with Crippen molar-refractivity contribution >= 4 is 17.1 Å². The molecule has 4 rings (SSSR count). The van der Waals surface area contributed by atoms with E-state index in [-0.39, 0.29) is 34.4 Å². The molecule has 0 bridgehead atoms. The lowest BCUT2D eigenvalue weighted by Crippen LogP contribution is -2.54. The van der Waals surface area contributed by atoms with Gasteiger partial charge >= 0.3 is 5.69 Å². The van der Waals surface area contributed by atoms with E-state index in [9.17, 15) is 9.59 Å². The van der Waals surface area contributed by atoms with Crippen molar-refractivity contribution in [2.75, 3.05) is 32.7 Å². The van der Waals surface area contributed by atoms with Gasteiger partial charge in [0.15, 0.2) is 5.65 Å². The van der Waals surface area contributed by atoms with Gasteiger partial charge < -0.3 is 5.32 Å². The highest BCUT2D eigenvalue weighted by Gasteiger charge is 2.38. The number of imidazole rings is 1. The number of aromatic nitrogens is 3. The predicted molar refractivity (Wildman–Crippen MR) is 150 cm³/mol. The summed E-state index contributed by atoms with van der Waals surface area (Å²) in [4.78, 5) is 35.8. The Kier molecular flexibility index (Phi) is 7.92. The molecule has 8 nitrogen and oxygen atoms in total. The lowest BCUT2D eigenvalue weighted by Gasteiger charge is -2.43. The molecule has 206 valence electrons. The number of aryl methyl sites for hydroxylation is 1. The van der Waals surface area contributed by atoms with Crippen LogP contribution in [0.15, 0.2) is 16.9 Å². The van der Waals surface area contributed by atoms with Gasteiger partial charge in [0.1, 0.15) is 0 Å². The first-order valence-electron chi connectivity index (χ1n) is 14.1. The van der Waals surface area contributed by atoms with Gasteiger partial charge in [0.2, 0.25) is 5.91 Å². The zero-order valence-corrected chi connectivity index (χ0v) is 24.3. The number of carbonyl (C=O) groups excluding carboxylic acids is 1. The smallest absolute Gasteiger partial charge is 0.330 e. The fourth-order valence-corrected chi connectivity index (χ4v) is 5.99. The highest BCUT2D eigenvalue weighted by Crippen LogP contribution is 2.42. The first-order valence-corrected chi connectivity index (χ1v) is 14.1. The molecule has 8 heteroatoms. The number of carbonyl (C=O) groups is 1. The third-order valence-corrected chi connectivity index (χ3v) is 8.49. The molecule has 2 unspecified atom stereocenters. The van der Waals surface area contributed by atoms with Crippen LogP contribution in [0, 0.1) is 10.8 Å². The second-order valence-corrected chi connectivity index (χ2v) is 13.6. The number of pyridine rings is 1. The van der Waals surface area contributed by atoms with E-state index in [1.807, 2.05) is 11.6 Å². The number of piperazine rings is 1. The molecule has 2 atom stereocenters. The van der Waals surface area contributed by atoms with E-state index in [2.05, 4.69) is 75.7 Å². The van der Waals surface area contributed by atoms with Crippen LogP contribution >= 0.6 is 0 Å². The summed E-state index contributed by atoms with van der Waals surface area (Å²) in [6.45, 7) is 20.5. The number of rotatable bonds is 6. The number of nitrogens with one attached hydrogen (secondary N) is 1. The summed E-state index contributed by atoms with van der Waals surface area (Å²) in [5, 5.41) is 3.40. The number of hydrogen-bond acceptors (Lipinski definition) is 5. The molecule has 3 heterocycles. The summed E-state index contributed by atoms with van der Waals surface area (Å²) < 4.78 is 3.52. The second kappa shape index (κ2) is 10.5. The Morgan fingerprint density at radius 3 is 2.46 bits per heavy atom. The number of hydrogen-bond donors (Lipinski definition) is 1. The van der Waals surface area contributed by atoms with Crippen LogP contribution in [0.4, 0.5) is 0 Å². The molecule has 2 aromatic heterocycles. The molecule has 0 aromatic carbocycles. The van der Waals surface area contributed by atoms with Crippen LogP contribution in [0.5, 0.6) is 0 Å². The summed E-state index contributed by atoms with van der Waals surface area (Å²) in [7, 11) is 1.81. The maximum absolute atomic E-state index is 13.1. The molecule has 1 saturated carbocycles. The van der Waals surface area contributed by atoms with Crippen molar-refractivity contribution in [1.29, 1.82) is 0 Å². The van der Waals surface area contributed by atoms with Crippen LogP contribution in [0.2, 0.25) is 0 Å². The van der Waals surface area contributed by atoms with Crippen molar-refractivity contribution in [3.63, 3.8) is 0 Å². The van der Waals surface area contributed by atoms with Crippen molar-refractivity contribution in [3.8, 4) is 0 Å². The minimum absolute atomic E-state index is 0.000826. The molecule has 2 aromatic rings. The molecule has 1 aliphatic carbocycles. The summed E-state index contributed by atoms with van der Waals surface area (Å²) in [6.07, 6.45) is 2.93. The van der Waals surface area contributed by atoms with Gasteiger partial charge in [0.05, 0.1) is 12.1 Å². The van der Waals surface area contributed by atoms with Crippen molar-refractivity contribution in [2.24, 2.45) is 17.9 Å². The monoisotopic (exact) mass is 512 g/mol. The van der Waals surface area contributed by atoms with Crippen LogP contribution in [-0.4, -0.2) is 74.6 Å². The highest BCUT2D eigenvalue weighted by molar-refractivity contribution is 5.78. The normalized spacial score (nSPS) is 23.6. The van der Waals surface area contributed by atoms with E-state index in [0.29, 0.717) is 19.1 Å². The summed E-state index contributed by atoms with van der Waals surface area (Å²) in [5.41, 5.74) is 2.69. The molecule has 1 saturated heterocycles. The SMILES string of the molecule is CC(C)N1CCN(CC(=O)NC2CC(c3ccc4c(n3)n(C)c(=O)n4CC(C)(C)C)CCC2(C)C)CC1. The lowest BCUT2D eigenvalue weighted by atomic mass is 9.68. The van der Waals surface area contributed by atoms with E-state index in [4.69, 9.17) is 4.98 Å². The van der Waals surface area contributed by atoms with Crippen LogP contribution in [0.1, 0.15) is 79.3 Å². The summed E-state index contributed by atoms with van der Waals surface area (Å²) in [6, 6.07) is 4.82. The minimum Gasteiger partial charge on any atom is -0.352 e. The zero-order valence-electron chi connectivity index (χ0n) is 24.3. The van der Waals surface area contributed by atoms with Gasteiger partial charge in [-0.3, -0.25) is 23.7 Å². The standard InChI is InChI=1S/C29H48N6O2/c1-20(2)34-15-13-33(14-16-34)18-25(36)31-24-17-21(11-12-29(24,6)7)22-9-10-23-26(30-22)32(8)27(37)35(23)19-28(3,4)5/h9-10,20-21,24H,11-19H2,1-8H3,(H,31,36). The molecule has 1 N–H and O–H groups in total. The summed E-state index contributed by atoms with van der Waals surface area (Å²) in [5.74, 6) is 0.389. The van der Waals surface area contributed by atoms with Crippen LogP contribution in [-0.2, 0) is 18.4 Å². The van der Waals surface area contributed by atoms with Gasteiger partial charge in [0.25, 0.3) is 0 Å². The third kappa shape index (κ3) is 6.28. The van der Waals surface area contributed by atoms with Crippen molar-refractivity contribution in [1.82, 2.24) is 29.2 Å². The molecule has 1 aliphatic heterocycles. The van der Waals surface area contributed by atoms with Crippen LogP contribution in [0.25, 0.3) is 11.2 Å². The van der Waals surface area contributed by atoms with Crippen molar-refractivity contribution in [3.05, 3.63) is 28.3 Å². The third-order valence-electron chi connectivity index (χ3n) is 8.49. The molecule has 2 fully saturated rings. The van der Waals surface area contributed by atoms with E-state index in [1.54, 1.807) is 4.57 Å². The topological polar surface area (TPSA) is 75.4 Å². The Morgan fingerprint density at radius 2 is 1.84 bits per heavy atom. The van der Waals surface area contributed by atoms with Crippen LogP contribution in [0.3, 0.4) is 0 Å². The quantitative estimate of drug-likeness (QED) is 0.640. The number of nitrogens with zero attached hydrogens (tertiary/aromatic N) is 5. The zero-order chi connectivity index (χ0) is 27.1. The van der Waals surface area contributed by atoms with Gasteiger partial charge in [0, 0.05) is 63.5 Å². The lowest BCUT2D eigenvalue weighted by molar-refractivity contribution is -0.124. The van der Waals surface area contributed by atoms with E-state index >= 15 is 0 Å². The fourth-order valence-electron chi connectivity index (χ4n) is 5.99. The molecule has 2 aliphatic rings. The van der Waals surface area contributed by atoms with Gasteiger partial charge in [-0.25, -0.2) is 9.78 Å². The number of fused-ring (bicyclic) bond motifs is 1. The molecular weight excluding hydrogens is 464 g/mol. The van der Waals surface area contributed by atoms with E-state index < -0.39 is 0 Å². The van der Waals surface area contributed by atoms with Crippen molar-refractivity contribution < 1.29 is 4.79 Å². The fraction of sp³-hybridized carbons (Fsp3) is 0.759. The Labute approximate surface area is 222 Å². The first kappa shape index (κ1) is 27.8. The molecule has 0 radical (unpaired) electrons. The van der Waals surface area contributed by atoms with Gasteiger partial charge in [-0.05, 0) is 56.1 Å². The highest BCUT2D eigenvalue weighted by atomic mass is 16.2. The van der Waals surface area contributed by atoms with E-state index in [0.717, 1.165) is 62.3 Å². The Balaban J connectivity index is 1.46. The van der Waals surface area contributed by atoms with E-state index in [1.165, 1.54) is 0 Å². The Bertz CT molecular complexity index is 1160. The minimum atomic E-state index is -0.0151. The Hall–Kier alpha value is -2.19.